The molecule has 24 heavy (non-hydrogen) atoms. The molecule has 0 fully saturated rings. The van der Waals surface area contributed by atoms with Gasteiger partial charge in [-0.25, -0.2) is 9.37 Å². The quantitative estimate of drug-likeness (QED) is 0.709. The minimum atomic E-state index is -0.324. The fraction of sp³-hybridized carbons (Fsp3) is 0.312. The van der Waals surface area contributed by atoms with E-state index in [2.05, 4.69) is 10.1 Å². The molecule has 2 aromatic heterocycles. The first-order valence-electron chi connectivity index (χ1n) is 7.40. The van der Waals surface area contributed by atoms with Crippen molar-refractivity contribution in [1.82, 2.24) is 15.0 Å². The number of anilines is 1. The molecule has 3 aromatic rings. The summed E-state index contributed by atoms with van der Waals surface area (Å²) >= 11 is 1.27. The molecule has 0 saturated heterocycles. The summed E-state index contributed by atoms with van der Waals surface area (Å²) < 4.78 is 19.2. The second kappa shape index (κ2) is 6.66. The third-order valence-corrected chi connectivity index (χ3v) is 4.47. The van der Waals surface area contributed by atoms with Crippen LogP contribution in [0.2, 0.25) is 0 Å². The molecule has 1 amide bonds. The van der Waals surface area contributed by atoms with Crippen molar-refractivity contribution in [3.8, 4) is 0 Å². The molecule has 0 aliphatic rings. The van der Waals surface area contributed by atoms with E-state index in [1.165, 1.54) is 23.5 Å². The highest BCUT2D eigenvalue weighted by Gasteiger charge is 2.24. The Balaban J connectivity index is 1.97. The van der Waals surface area contributed by atoms with E-state index in [4.69, 9.17) is 4.52 Å². The van der Waals surface area contributed by atoms with Crippen molar-refractivity contribution in [2.45, 2.75) is 6.92 Å². The molecule has 0 bridgehead atoms. The Morgan fingerprint density at radius 2 is 2.08 bits per heavy atom. The standard InChI is InChI=1S/C16H17FN4O2S/c1-10-8-13(23-19-10)15(22)21(7-6-20(2)3)16-18-12-5-4-11(17)9-14(12)24-16/h4-5,8-9H,6-7H2,1-3H3. The average molecular weight is 348 g/mol. The smallest absolute Gasteiger partial charge is 0.298 e. The number of fused-ring (bicyclic) bond motifs is 1. The number of likely N-dealkylation sites (N-methyl/N-ethyl adjacent to an activating group) is 1. The van der Waals surface area contributed by atoms with Crippen molar-refractivity contribution in [1.29, 1.82) is 0 Å². The van der Waals surface area contributed by atoms with Gasteiger partial charge in [-0.15, -0.1) is 0 Å². The highest BCUT2D eigenvalue weighted by molar-refractivity contribution is 7.22. The van der Waals surface area contributed by atoms with Gasteiger partial charge in [0.1, 0.15) is 5.82 Å². The molecular weight excluding hydrogens is 331 g/mol. The van der Waals surface area contributed by atoms with E-state index in [-0.39, 0.29) is 17.5 Å². The van der Waals surface area contributed by atoms with E-state index in [1.807, 2.05) is 19.0 Å². The average Bonchev–Trinajstić information content (AvgIpc) is 3.12. The molecule has 3 rings (SSSR count). The summed E-state index contributed by atoms with van der Waals surface area (Å²) in [5.41, 5.74) is 1.30. The van der Waals surface area contributed by atoms with Gasteiger partial charge >= 0.3 is 0 Å². The molecule has 0 saturated carbocycles. The minimum absolute atomic E-state index is 0.164. The number of thiazole rings is 1. The molecule has 0 aliphatic heterocycles. The number of rotatable bonds is 5. The van der Waals surface area contributed by atoms with Crippen molar-refractivity contribution < 1.29 is 13.7 Å². The zero-order chi connectivity index (χ0) is 17.3. The van der Waals surface area contributed by atoms with Crippen LogP contribution >= 0.6 is 11.3 Å². The Bertz CT molecular complexity index is 874. The number of amides is 1. The van der Waals surface area contributed by atoms with Gasteiger partial charge in [0.15, 0.2) is 5.13 Å². The van der Waals surface area contributed by atoms with Crippen LogP contribution in [0.4, 0.5) is 9.52 Å². The van der Waals surface area contributed by atoms with Gasteiger partial charge in [-0.3, -0.25) is 9.69 Å². The van der Waals surface area contributed by atoms with E-state index < -0.39 is 0 Å². The van der Waals surface area contributed by atoms with Crippen LogP contribution in [0.5, 0.6) is 0 Å². The van der Waals surface area contributed by atoms with Gasteiger partial charge in [0.2, 0.25) is 5.76 Å². The number of aryl methyl sites for hydroxylation is 1. The zero-order valence-electron chi connectivity index (χ0n) is 13.6. The lowest BCUT2D eigenvalue weighted by molar-refractivity contribution is 0.0949. The number of carbonyl (C=O) groups is 1. The minimum Gasteiger partial charge on any atom is -0.351 e. The molecule has 0 aliphatic carbocycles. The van der Waals surface area contributed by atoms with E-state index in [9.17, 15) is 9.18 Å². The van der Waals surface area contributed by atoms with Gasteiger partial charge in [0.05, 0.1) is 15.9 Å². The monoisotopic (exact) mass is 348 g/mol. The first-order chi connectivity index (χ1) is 11.4. The molecule has 6 nitrogen and oxygen atoms in total. The Labute approximate surface area is 142 Å². The Morgan fingerprint density at radius 3 is 2.75 bits per heavy atom. The first-order valence-corrected chi connectivity index (χ1v) is 8.21. The van der Waals surface area contributed by atoms with Crippen LogP contribution in [-0.2, 0) is 0 Å². The highest BCUT2D eigenvalue weighted by Crippen LogP contribution is 2.30. The number of hydrogen-bond acceptors (Lipinski definition) is 6. The Morgan fingerprint density at radius 1 is 1.29 bits per heavy atom. The third kappa shape index (κ3) is 3.44. The molecule has 8 heteroatoms. The lowest BCUT2D eigenvalue weighted by atomic mass is 10.3. The van der Waals surface area contributed by atoms with Crippen LogP contribution in [0.25, 0.3) is 10.2 Å². The highest BCUT2D eigenvalue weighted by atomic mass is 32.1. The third-order valence-electron chi connectivity index (χ3n) is 3.42. The fourth-order valence-electron chi connectivity index (χ4n) is 2.18. The molecule has 0 atom stereocenters. The van der Waals surface area contributed by atoms with Gasteiger partial charge in [0, 0.05) is 19.2 Å². The van der Waals surface area contributed by atoms with Gasteiger partial charge in [-0.1, -0.05) is 16.5 Å². The second-order valence-corrected chi connectivity index (χ2v) is 6.71. The van der Waals surface area contributed by atoms with Crippen molar-refractivity contribution in [2.75, 3.05) is 32.1 Å². The van der Waals surface area contributed by atoms with Crippen LogP contribution in [0.3, 0.4) is 0 Å². The summed E-state index contributed by atoms with van der Waals surface area (Å²) in [6.45, 7) is 2.85. The van der Waals surface area contributed by atoms with E-state index in [1.54, 1.807) is 24.0 Å². The molecule has 126 valence electrons. The maximum atomic E-state index is 13.4. The second-order valence-electron chi connectivity index (χ2n) is 5.70. The van der Waals surface area contributed by atoms with Crippen LogP contribution in [0.1, 0.15) is 16.2 Å². The molecular formula is C16H17FN4O2S. The van der Waals surface area contributed by atoms with Crippen LogP contribution in [0.15, 0.2) is 28.8 Å². The molecule has 0 N–H and O–H groups in total. The van der Waals surface area contributed by atoms with Crippen molar-refractivity contribution in [2.24, 2.45) is 0 Å². The number of carbonyl (C=O) groups excluding carboxylic acids is 1. The predicted molar refractivity (Wildman–Crippen MR) is 91.0 cm³/mol. The summed E-state index contributed by atoms with van der Waals surface area (Å²) in [7, 11) is 3.85. The number of nitrogens with zero attached hydrogens (tertiary/aromatic N) is 4. The maximum absolute atomic E-state index is 13.4. The van der Waals surface area contributed by atoms with Crippen molar-refractivity contribution in [3.63, 3.8) is 0 Å². The number of aromatic nitrogens is 2. The van der Waals surface area contributed by atoms with Gasteiger partial charge in [-0.2, -0.15) is 0 Å². The number of halogens is 1. The van der Waals surface area contributed by atoms with Gasteiger partial charge < -0.3 is 9.42 Å². The number of hydrogen-bond donors (Lipinski definition) is 0. The van der Waals surface area contributed by atoms with Gasteiger partial charge in [0.25, 0.3) is 5.91 Å². The summed E-state index contributed by atoms with van der Waals surface area (Å²) in [4.78, 5) is 20.8. The maximum Gasteiger partial charge on any atom is 0.298 e. The summed E-state index contributed by atoms with van der Waals surface area (Å²) in [5, 5.41) is 4.27. The van der Waals surface area contributed by atoms with Crippen LogP contribution < -0.4 is 4.90 Å². The lowest BCUT2D eigenvalue weighted by Crippen LogP contribution is -2.36. The van der Waals surface area contributed by atoms with Crippen molar-refractivity contribution >= 4 is 32.6 Å². The largest absolute Gasteiger partial charge is 0.351 e. The number of benzene rings is 1. The predicted octanol–water partition coefficient (Wildman–Crippen LogP) is 2.94. The molecule has 2 heterocycles. The molecule has 1 aromatic carbocycles. The lowest BCUT2D eigenvalue weighted by Gasteiger charge is -2.20. The van der Waals surface area contributed by atoms with E-state index in [0.717, 1.165) is 0 Å². The van der Waals surface area contributed by atoms with Crippen molar-refractivity contribution in [3.05, 3.63) is 41.5 Å². The Hall–Kier alpha value is -2.32. The molecule has 0 unspecified atom stereocenters. The van der Waals surface area contributed by atoms with Gasteiger partial charge in [-0.05, 0) is 39.2 Å². The Kier molecular flexibility index (Phi) is 4.59. The topological polar surface area (TPSA) is 62.5 Å². The summed E-state index contributed by atoms with van der Waals surface area (Å²) in [6.07, 6.45) is 0. The van der Waals surface area contributed by atoms with E-state index >= 15 is 0 Å². The van der Waals surface area contributed by atoms with Crippen LogP contribution in [0, 0.1) is 12.7 Å². The SMILES string of the molecule is Cc1cc(C(=O)N(CCN(C)C)c2nc3ccc(F)cc3s2)on1. The summed E-state index contributed by atoms with van der Waals surface area (Å²) in [5.74, 6) is -0.469. The van der Waals surface area contributed by atoms with Crippen LogP contribution in [-0.4, -0.2) is 48.1 Å². The normalized spacial score (nSPS) is 11.4. The van der Waals surface area contributed by atoms with E-state index in [0.29, 0.717) is 34.1 Å². The summed E-state index contributed by atoms with van der Waals surface area (Å²) in [6, 6.07) is 5.98. The first kappa shape index (κ1) is 16.5. The fourth-order valence-corrected chi connectivity index (χ4v) is 3.20. The molecule has 0 spiro atoms. The zero-order valence-corrected chi connectivity index (χ0v) is 14.4. The molecule has 0 radical (unpaired) electrons.